The molecule has 140 valence electrons. The van der Waals surface area contributed by atoms with E-state index in [-0.39, 0.29) is 17.2 Å². The van der Waals surface area contributed by atoms with Gasteiger partial charge in [0.1, 0.15) is 17.3 Å². The number of nitrogens with two attached hydrogens (primary N) is 1. The zero-order valence-electron chi connectivity index (χ0n) is 15.1. The maximum atomic E-state index is 12.8. The van der Waals surface area contributed by atoms with Gasteiger partial charge in [0.2, 0.25) is 11.9 Å². The van der Waals surface area contributed by atoms with Crippen LogP contribution in [0, 0.1) is 11.3 Å². The normalized spacial score (nSPS) is 14.1. The summed E-state index contributed by atoms with van der Waals surface area (Å²) in [6.45, 7) is 0. The number of aromatic nitrogens is 3. The van der Waals surface area contributed by atoms with E-state index in [2.05, 4.69) is 15.3 Å². The van der Waals surface area contributed by atoms with Crippen LogP contribution in [-0.2, 0) is 0 Å². The highest BCUT2D eigenvalue weighted by Gasteiger charge is 2.22. The highest BCUT2D eigenvalue weighted by atomic mass is 16.1. The second-order valence-corrected chi connectivity index (χ2v) is 6.83. The van der Waals surface area contributed by atoms with Crippen molar-refractivity contribution in [1.29, 1.82) is 5.26 Å². The Morgan fingerprint density at radius 3 is 2.79 bits per heavy atom. The molecule has 2 aromatic heterocycles. The third-order valence-electron chi connectivity index (χ3n) is 4.99. The van der Waals surface area contributed by atoms with Gasteiger partial charge in [-0.2, -0.15) is 10.2 Å². The molecule has 0 radical (unpaired) electrons. The molecule has 1 aliphatic carbocycles. The maximum Gasteiger partial charge on any atom is 0.270 e. The summed E-state index contributed by atoms with van der Waals surface area (Å²) in [5.74, 6) is -0.229. The van der Waals surface area contributed by atoms with Gasteiger partial charge < -0.3 is 11.1 Å². The summed E-state index contributed by atoms with van der Waals surface area (Å²) in [5, 5.41) is 13.0. The lowest BCUT2D eigenvalue weighted by atomic mass is 10.2. The zero-order valence-corrected chi connectivity index (χ0v) is 15.1. The molecule has 1 fully saturated rings. The van der Waals surface area contributed by atoms with Gasteiger partial charge in [0.15, 0.2) is 0 Å². The first-order valence-electron chi connectivity index (χ1n) is 9.06. The molecule has 0 unspecified atom stereocenters. The Bertz CT molecular complexity index is 1170. The molecule has 3 aromatic rings. The Balaban J connectivity index is 1.81. The maximum absolute atomic E-state index is 12.8. The first kappa shape index (κ1) is 17.7. The van der Waals surface area contributed by atoms with Crippen LogP contribution in [0.1, 0.15) is 47.6 Å². The van der Waals surface area contributed by atoms with Gasteiger partial charge in [0, 0.05) is 28.9 Å². The van der Waals surface area contributed by atoms with Crippen LogP contribution in [0.2, 0.25) is 0 Å². The van der Waals surface area contributed by atoms with E-state index in [0.29, 0.717) is 28.2 Å². The lowest BCUT2D eigenvalue weighted by Crippen LogP contribution is -2.26. The van der Waals surface area contributed by atoms with Crippen molar-refractivity contribution in [1.82, 2.24) is 14.5 Å². The van der Waals surface area contributed by atoms with Crippen LogP contribution >= 0.6 is 0 Å². The number of pyridine rings is 1. The van der Waals surface area contributed by atoms with Gasteiger partial charge in [-0.15, -0.1) is 0 Å². The Kier molecular flexibility index (Phi) is 4.49. The van der Waals surface area contributed by atoms with Gasteiger partial charge in [0.05, 0.1) is 0 Å². The van der Waals surface area contributed by atoms with E-state index in [4.69, 9.17) is 5.73 Å². The van der Waals surface area contributed by atoms with Crippen LogP contribution in [0.15, 0.2) is 41.3 Å². The number of fused-ring (bicyclic) bond motifs is 1. The quantitative estimate of drug-likeness (QED) is 0.723. The number of benzene rings is 1. The van der Waals surface area contributed by atoms with E-state index >= 15 is 0 Å². The molecule has 0 spiro atoms. The van der Waals surface area contributed by atoms with E-state index in [1.54, 1.807) is 35.0 Å². The van der Waals surface area contributed by atoms with E-state index in [0.717, 1.165) is 25.7 Å². The predicted molar refractivity (Wildman–Crippen MR) is 104 cm³/mol. The summed E-state index contributed by atoms with van der Waals surface area (Å²) in [6, 6.07) is 10.2. The number of nitrogens with one attached hydrogen (secondary N) is 1. The second kappa shape index (κ2) is 7.12. The first-order valence-corrected chi connectivity index (χ1v) is 9.06. The Morgan fingerprint density at radius 2 is 2.07 bits per heavy atom. The van der Waals surface area contributed by atoms with Crippen LogP contribution < -0.4 is 16.6 Å². The minimum atomic E-state index is -0.526. The molecule has 1 aliphatic rings. The number of carbonyl (C=O) groups excluding carboxylic acids is 1. The van der Waals surface area contributed by atoms with Gasteiger partial charge in [-0.25, -0.2) is 4.98 Å². The molecule has 2 heterocycles. The molecule has 4 rings (SSSR count). The summed E-state index contributed by atoms with van der Waals surface area (Å²) in [4.78, 5) is 33.0. The topological polar surface area (TPSA) is 127 Å². The number of amides is 1. The Morgan fingerprint density at radius 1 is 1.29 bits per heavy atom. The summed E-state index contributed by atoms with van der Waals surface area (Å²) in [7, 11) is 0. The highest BCUT2D eigenvalue weighted by Crippen LogP contribution is 2.30. The van der Waals surface area contributed by atoms with Crippen LogP contribution in [-0.4, -0.2) is 20.4 Å². The molecule has 0 aliphatic heterocycles. The first-order chi connectivity index (χ1) is 13.6. The van der Waals surface area contributed by atoms with Crippen LogP contribution in [0.4, 0.5) is 11.6 Å². The molecule has 0 saturated heterocycles. The van der Waals surface area contributed by atoms with Gasteiger partial charge in [0.25, 0.3) is 5.56 Å². The number of hydrogen-bond acceptors (Lipinski definition) is 6. The minimum absolute atomic E-state index is 0.0317. The fraction of sp³-hybridized carbons (Fsp3) is 0.250. The third-order valence-corrected chi connectivity index (χ3v) is 4.99. The smallest absolute Gasteiger partial charge is 0.270 e. The highest BCUT2D eigenvalue weighted by molar-refractivity contribution is 5.93. The summed E-state index contributed by atoms with van der Waals surface area (Å²) in [5.41, 5.74) is 6.58. The number of rotatable bonds is 4. The molecule has 1 saturated carbocycles. The predicted octanol–water partition coefficient (Wildman–Crippen LogP) is 2.62. The lowest BCUT2D eigenvalue weighted by molar-refractivity contribution is 0.100. The molecule has 0 atom stereocenters. The number of carbonyl (C=O) groups is 1. The molecule has 0 bridgehead atoms. The SMILES string of the molecule is N#Cc1cc2cnc(Nc3cccc(C(N)=O)c3)nc2n(C2CCCC2)c1=O. The molecule has 8 nitrogen and oxygen atoms in total. The van der Waals surface area contributed by atoms with Gasteiger partial charge in [-0.1, -0.05) is 18.9 Å². The lowest BCUT2D eigenvalue weighted by Gasteiger charge is -2.17. The molecular weight excluding hydrogens is 356 g/mol. The summed E-state index contributed by atoms with van der Waals surface area (Å²) in [6.07, 6.45) is 5.46. The van der Waals surface area contributed by atoms with Gasteiger partial charge >= 0.3 is 0 Å². The third kappa shape index (κ3) is 3.18. The summed E-state index contributed by atoms with van der Waals surface area (Å²) < 4.78 is 1.63. The van der Waals surface area contributed by atoms with Gasteiger partial charge in [-0.05, 0) is 37.1 Å². The van der Waals surface area contributed by atoms with E-state index in [1.807, 2.05) is 6.07 Å². The molecular formula is C20H18N6O2. The summed E-state index contributed by atoms with van der Waals surface area (Å²) >= 11 is 0. The molecule has 8 heteroatoms. The fourth-order valence-electron chi connectivity index (χ4n) is 3.64. The van der Waals surface area contributed by atoms with E-state index in [9.17, 15) is 14.9 Å². The average molecular weight is 374 g/mol. The minimum Gasteiger partial charge on any atom is -0.366 e. The molecule has 28 heavy (non-hydrogen) atoms. The van der Waals surface area contributed by atoms with E-state index < -0.39 is 5.91 Å². The van der Waals surface area contributed by atoms with Crippen molar-refractivity contribution in [3.63, 3.8) is 0 Å². The Hall–Kier alpha value is -3.73. The number of hydrogen-bond donors (Lipinski definition) is 2. The van der Waals surface area contributed by atoms with Crippen molar-refractivity contribution in [3.8, 4) is 6.07 Å². The standard InChI is InChI=1S/C20H18N6O2/c21-10-13-8-14-11-23-20(24-15-5-3-4-12(9-15)17(22)27)25-18(14)26(19(13)28)16-6-1-2-7-16/h3-5,8-9,11,16H,1-2,6-7H2,(H2,22,27)(H,23,24,25). The fourth-order valence-corrected chi connectivity index (χ4v) is 3.64. The number of nitriles is 1. The van der Waals surface area contributed by atoms with Crippen molar-refractivity contribution in [2.24, 2.45) is 5.73 Å². The average Bonchev–Trinajstić information content (AvgIpc) is 3.22. The van der Waals surface area contributed by atoms with Crippen molar-refractivity contribution < 1.29 is 4.79 Å². The second-order valence-electron chi connectivity index (χ2n) is 6.83. The van der Waals surface area contributed by atoms with Crippen LogP contribution in [0.3, 0.4) is 0 Å². The largest absolute Gasteiger partial charge is 0.366 e. The molecule has 1 amide bonds. The van der Waals surface area contributed by atoms with Crippen LogP contribution in [0.25, 0.3) is 11.0 Å². The van der Waals surface area contributed by atoms with Crippen molar-refractivity contribution in [2.45, 2.75) is 31.7 Å². The van der Waals surface area contributed by atoms with Crippen molar-refractivity contribution in [3.05, 3.63) is 58.0 Å². The monoisotopic (exact) mass is 374 g/mol. The van der Waals surface area contributed by atoms with Crippen molar-refractivity contribution >= 4 is 28.6 Å². The van der Waals surface area contributed by atoms with Crippen molar-refractivity contribution in [2.75, 3.05) is 5.32 Å². The number of primary amides is 1. The molecule has 3 N–H and O–H groups in total. The number of nitrogens with zero attached hydrogens (tertiary/aromatic N) is 4. The van der Waals surface area contributed by atoms with Crippen LogP contribution in [0.5, 0.6) is 0 Å². The Labute approximate surface area is 160 Å². The van der Waals surface area contributed by atoms with E-state index in [1.165, 1.54) is 6.07 Å². The van der Waals surface area contributed by atoms with Gasteiger partial charge in [-0.3, -0.25) is 14.2 Å². The molecule has 1 aromatic carbocycles. The number of anilines is 2. The zero-order chi connectivity index (χ0) is 19.7.